The monoisotopic (exact) mass is 295 g/mol. The molecule has 2 aliphatic rings. The predicted molar refractivity (Wildman–Crippen MR) is 85.5 cm³/mol. The van der Waals surface area contributed by atoms with Gasteiger partial charge in [-0.25, -0.2) is 9.97 Å². The first-order chi connectivity index (χ1) is 10.6. The maximum Gasteiger partial charge on any atom is 0.246 e. The number of carbonyl (C=O) groups is 1. The highest BCUT2D eigenvalue weighted by atomic mass is 16.2. The van der Waals surface area contributed by atoms with Crippen LogP contribution in [0.15, 0.2) is 30.6 Å². The Balaban J connectivity index is 1.85. The molecule has 3 heterocycles. The lowest BCUT2D eigenvalue weighted by Gasteiger charge is -2.30. The van der Waals surface area contributed by atoms with Gasteiger partial charge in [0.2, 0.25) is 5.91 Å². The summed E-state index contributed by atoms with van der Waals surface area (Å²) in [6, 6.07) is 8.30. The second-order valence-electron chi connectivity index (χ2n) is 5.83. The van der Waals surface area contributed by atoms with Crippen molar-refractivity contribution in [2.75, 3.05) is 15.5 Å². The summed E-state index contributed by atoms with van der Waals surface area (Å²) in [5.74, 6) is 1.35. The van der Waals surface area contributed by atoms with E-state index in [-0.39, 0.29) is 18.0 Å². The summed E-state index contributed by atoms with van der Waals surface area (Å²) < 4.78 is 0. The third-order valence-electron chi connectivity index (χ3n) is 4.26. The van der Waals surface area contributed by atoms with Crippen LogP contribution < -0.4 is 15.5 Å². The van der Waals surface area contributed by atoms with Gasteiger partial charge in [0.1, 0.15) is 18.1 Å². The van der Waals surface area contributed by atoms with Crippen LogP contribution in [-0.2, 0) is 11.2 Å². The Morgan fingerprint density at radius 1 is 1.23 bits per heavy atom. The number of nitrogens with one attached hydrogen (secondary N) is 2. The molecule has 0 saturated carbocycles. The van der Waals surface area contributed by atoms with E-state index in [0.29, 0.717) is 11.5 Å². The Bertz CT molecular complexity index is 760. The number of hydrogen-bond donors (Lipinski definition) is 2. The molecule has 6 nitrogen and oxygen atoms in total. The fourth-order valence-corrected chi connectivity index (χ4v) is 3.17. The number of amides is 1. The molecule has 1 aromatic carbocycles. The van der Waals surface area contributed by atoms with Crippen molar-refractivity contribution in [3.63, 3.8) is 0 Å². The van der Waals surface area contributed by atoms with Crippen LogP contribution >= 0.6 is 0 Å². The van der Waals surface area contributed by atoms with Gasteiger partial charge in [-0.3, -0.25) is 4.79 Å². The number of para-hydroxylation sites is 1. The number of benzene rings is 1. The Morgan fingerprint density at radius 3 is 2.91 bits per heavy atom. The molecular weight excluding hydrogens is 278 g/mol. The van der Waals surface area contributed by atoms with Gasteiger partial charge in [-0.15, -0.1) is 0 Å². The minimum Gasteiger partial charge on any atom is -0.357 e. The second-order valence-corrected chi connectivity index (χ2v) is 5.83. The fraction of sp³-hybridized carbons (Fsp3) is 0.312. The van der Waals surface area contributed by atoms with E-state index in [9.17, 15) is 4.79 Å². The van der Waals surface area contributed by atoms with E-state index < -0.39 is 0 Å². The first-order valence-corrected chi connectivity index (χ1v) is 7.44. The SMILES string of the molecule is CC1Nc2ncnc(N3c4ccccc4CC3C)c2NC1=O. The van der Waals surface area contributed by atoms with Gasteiger partial charge in [-0.05, 0) is 31.9 Å². The summed E-state index contributed by atoms with van der Waals surface area (Å²) in [4.78, 5) is 22.9. The molecule has 4 rings (SSSR count). The Kier molecular flexibility index (Phi) is 2.79. The zero-order valence-corrected chi connectivity index (χ0v) is 12.5. The number of anilines is 4. The molecule has 112 valence electrons. The van der Waals surface area contributed by atoms with Crippen LogP contribution in [0.25, 0.3) is 0 Å². The zero-order chi connectivity index (χ0) is 15.3. The fourth-order valence-electron chi connectivity index (χ4n) is 3.17. The normalized spacial score (nSPS) is 22.6. The first-order valence-electron chi connectivity index (χ1n) is 7.44. The maximum absolute atomic E-state index is 12.0. The molecule has 2 aromatic rings. The summed E-state index contributed by atoms with van der Waals surface area (Å²) in [5.41, 5.74) is 3.10. The molecule has 2 aliphatic heterocycles. The lowest BCUT2D eigenvalue weighted by molar-refractivity contribution is -0.116. The third kappa shape index (κ3) is 1.83. The van der Waals surface area contributed by atoms with Crippen LogP contribution in [0.5, 0.6) is 0 Å². The molecule has 2 N–H and O–H groups in total. The van der Waals surface area contributed by atoms with E-state index in [1.807, 2.05) is 13.0 Å². The van der Waals surface area contributed by atoms with Gasteiger partial charge in [0.25, 0.3) is 0 Å². The van der Waals surface area contributed by atoms with E-state index in [1.54, 1.807) is 6.33 Å². The minimum absolute atomic E-state index is 0.0660. The van der Waals surface area contributed by atoms with Gasteiger partial charge >= 0.3 is 0 Å². The Hall–Kier alpha value is -2.63. The topological polar surface area (TPSA) is 70.2 Å². The Labute approximate surface area is 128 Å². The van der Waals surface area contributed by atoms with E-state index in [0.717, 1.165) is 17.9 Å². The number of nitrogens with zero attached hydrogens (tertiary/aromatic N) is 3. The van der Waals surface area contributed by atoms with Crippen molar-refractivity contribution in [1.29, 1.82) is 0 Å². The van der Waals surface area contributed by atoms with Crippen molar-refractivity contribution in [2.45, 2.75) is 32.4 Å². The second kappa shape index (κ2) is 4.69. The smallest absolute Gasteiger partial charge is 0.246 e. The number of rotatable bonds is 1. The molecule has 1 amide bonds. The summed E-state index contributed by atoms with van der Waals surface area (Å²) in [6.45, 7) is 3.98. The van der Waals surface area contributed by atoms with Crippen molar-refractivity contribution in [2.24, 2.45) is 0 Å². The molecule has 22 heavy (non-hydrogen) atoms. The van der Waals surface area contributed by atoms with Crippen molar-refractivity contribution in [3.05, 3.63) is 36.2 Å². The summed E-state index contributed by atoms with van der Waals surface area (Å²) in [7, 11) is 0. The van der Waals surface area contributed by atoms with Crippen LogP contribution in [0.3, 0.4) is 0 Å². The molecular formula is C16H17N5O. The lowest BCUT2D eigenvalue weighted by Crippen LogP contribution is -2.38. The van der Waals surface area contributed by atoms with E-state index in [2.05, 4.69) is 50.6 Å². The number of carbonyl (C=O) groups excluding carboxylic acids is 1. The molecule has 0 aliphatic carbocycles. The maximum atomic E-state index is 12.0. The van der Waals surface area contributed by atoms with Crippen molar-refractivity contribution in [1.82, 2.24) is 9.97 Å². The molecule has 0 saturated heterocycles. The van der Waals surface area contributed by atoms with Gasteiger partial charge in [0.05, 0.1) is 0 Å². The van der Waals surface area contributed by atoms with Crippen LogP contribution in [0.1, 0.15) is 19.4 Å². The van der Waals surface area contributed by atoms with Crippen LogP contribution in [0, 0.1) is 0 Å². The van der Waals surface area contributed by atoms with Gasteiger partial charge in [-0.2, -0.15) is 0 Å². The van der Waals surface area contributed by atoms with Crippen LogP contribution in [0.2, 0.25) is 0 Å². The number of fused-ring (bicyclic) bond motifs is 2. The molecule has 1 aromatic heterocycles. The van der Waals surface area contributed by atoms with Crippen molar-refractivity contribution < 1.29 is 4.79 Å². The molecule has 0 radical (unpaired) electrons. The predicted octanol–water partition coefficient (Wildman–Crippen LogP) is 2.31. The number of aromatic nitrogens is 2. The highest BCUT2D eigenvalue weighted by molar-refractivity contribution is 6.05. The molecule has 2 unspecified atom stereocenters. The van der Waals surface area contributed by atoms with E-state index in [1.165, 1.54) is 5.56 Å². The van der Waals surface area contributed by atoms with Gasteiger partial charge in [0, 0.05) is 11.7 Å². The standard InChI is InChI=1S/C16H17N5O/c1-9-7-11-5-3-4-6-12(11)21(9)15-13-14(17-8-18-15)19-10(2)16(22)20-13/h3-6,8-10H,7H2,1-2H3,(H,20,22)(H,17,18,19). The first kappa shape index (κ1) is 13.1. The summed E-state index contributed by atoms with van der Waals surface area (Å²) >= 11 is 0. The summed E-state index contributed by atoms with van der Waals surface area (Å²) in [5, 5.41) is 6.06. The summed E-state index contributed by atoms with van der Waals surface area (Å²) in [6.07, 6.45) is 2.51. The molecule has 0 bridgehead atoms. The van der Waals surface area contributed by atoms with Gasteiger partial charge in [-0.1, -0.05) is 18.2 Å². The van der Waals surface area contributed by atoms with Crippen molar-refractivity contribution >= 4 is 28.9 Å². The molecule has 2 atom stereocenters. The highest BCUT2D eigenvalue weighted by Crippen LogP contribution is 2.42. The minimum atomic E-state index is -0.293. The van der Waals surface area contributed by atoms with E-state index >= 15 is 0 Å². The van der Waals surface area contributed by atoms with Crippen LogP contribution in [0.4, 0.5) is 23.0 Å². The highest BCUT2D eigenvalue weighted by Gasteiger charge is 2.33. The zero-order valence-electron chi connectivity index (χ0n) is 12.5. The van der Waals surface area contributed by atoms with Crippen molar-refractivity contribution in [3.8, 4) is 0 Å². The van der Waals surface area contributed by atoms with Gasteiger partial charge in [0.15, 0.2) is 11.6 Å². The van der Waals surface area contributed by atoms with Gasteiger partial charge < -0.3 is 15.5 Å². The third-order valence-corrected chi connectivity index (χ3v) is 4.26. The largest absolute Gasteiger partial charge is 0.357 e. The quantitative estimate of drug-likeness (QED) is 0.845. The molecule has 6 heteroatoms. The Morgan fingerprint density at radius 2 is 2.05 bits per heavy atom. The van der Waals surface area contributed by atoms with Crippen LogP contribution in [-0.4, -0.2) is 28.0 Å². The molecule has 0 fully saturated rings. The number of hydrogen-bond acceptors (Lipinski definition) is 5. The molecule has 0 spiro atoms. The average molecular weight is 295 g/mol. The van der Waals surface area contributed by atoms with E-state index in [4.69, 9.17) is 0 Å². The average Bonchev–Trinajstić information content (AvgIpc) is 2.84. The lowest BCUT2D eigenvalue weighted by atomic mass is 10.1.